The molecule has 164 valence electrons. The van der Waals surface area contributed by atoms with E-state index in [1.807, 2.05) is 0 Å². The van der Waals surface area contributed by atoms with Crippen molar-refractivity contribution in [3.63, 3.8) is 0 Å². The van der Waals surface area contributed by atoms with Gasteiger partial charge in [0.25, 0.3) is 0 Å². The smallest absolute Gasteiger partial charge is 0.0464 e. The van der Waals surface area contributed by atoms with Crippen molar-refractivity contribution < 1.29 is 0 Å². The first-order valence-electron chi connectivity index (χ1n) is 12.0. The van der Waals surface area contributed by atoms with E-state index >= 15 is 0 Å². The van der Waals surface area contributed by atoms with Crippen molar-refractivity contribution in [1.82, 2.24) is 0 Å². The van der Waals surface area contributed by atoms with Gasteiger partial charge in [-0.1, -0.05) is 84.4 Å². The van der Waals surface area contributed by atoms with Crippen molar-refractivity contribution in [2.45, 2.75) is 19.8 Å². The number of rotatable bonds is 5. The Labute approximate surface area is 202 Å². The molecule has 0 saturated carbocycles. The van der Waals surface area contributed by atoms with E-state index in [4.69, 9.17) is 0 Å². The lowest BCUT2D eigenvalue weighted by atomic mass is 9.88. The van der Waals surface area contributed by atoms with Gasteiger partial charge in [-0.15, -0.1) is 0 Å². The van der Waals surface area contributed by atoms with Gasteiger partial charge in [-0.05, 0) is 95.6 Å². The van der Waals surface area contributed by atoms with Crippen LogP contribution in [0.1, 0.15) is 16.7 Å². The topological polar surface area (TPSA) is 3.24 Å². The Morgan fingerprint density at radius 1 is 0.441 bits per heavy atom. The van der Waals surface area contributed by atoms with E-state index in [9.17, 15) is 0 Å². The third kappa shape index (κ3) is 3.91. The van der Waals surface area contributed by atoms with Crippen LogP contribution in [0.4, 0.5) is 17.1 Å². The molecule has 5 aromatic carbocycles. The van der Waals surface area contributed by atoms with Crippen LogP contribution in [0.15, 0.2) is 121 Å². The Kier molecular flexibility index (Phi) is 5.24. The second-order valence-corrected chi connectivity index (χ2v) is 9.12. The molecule has 0 N–H and O–H groups in total. The zero-order valence-electron chi connectivity index (χ0n) is 19.4. The Hall–Kier alpha value is -4.10. The maximum atomic E-state index is 2.36. The Morgan fingerprint density at radius 3 is 1.62 bits per heavy atom. The molecule has 1 heteroatoms. The van der Waals surface area contributed by atoms with Crippen LogP contribution < -0.4 is 4.90 Å². The summed E-state index contributed by atoms with van der Waals surface area (Å²) in [5, 5.41) is 0. The molecular weight excluding hydrogens is 410 g/mol. The van der Waals surface area contributed by atoms with Crippen LogP contribution in [0.5, 0.6) is 0 Å². The molecule has 0 aromatic heterocycles. The highest BCUT2D eigenvalue weighted by atomic mass is 15.1. The lowest BCUT2D eigenvalue weighted by Gasteiger charge is -2.28. The summed E-state index contributed by atoms with van der Waals surface area (Å²) in [6.07, 6.45) is 2.39. The summed E-state index contributed by atoms with van der Waals surface area (Å²) < 4.78 is 0. The first-order chi connectivity index (χ1) is 16.7. The first kappa shape index (κ1) is 20.5. The van der Waals surface area contributed by atoms with Crippen LogP contribution in [0.2, 0.25) is 0 Å². The van der Waals surface area contributed by atoms with Gasteiger partial charge in [0.15, 0.2) is 0 Å². The molecule has 0 fully saturated rings. The van der Waals surface area contributed by atoms with E-state index in [1.54, 1.807) is 0 Å². The Bertz CT molecular complexity index is 1430. The number of anilines is 3. The number of aryl methyl sites for hydroxylation is 3. The monoisotopic (exact) mass is 437 g/mol. The summed E-state index contributed by atoms with van der Waals surface area (Å²) in [6, 6.07) is 44.0. The molecular formula is C33H27N. The molecule has 0 bridgehead atoms. The molecule has 1 aliphatic carbocycles. The minimum Gasteiger partial charge on any atom is -0.310 e. The minimum absolute atomic E-state index is 1.17. The van der Waals surface area contributed by atoms with Crippen LogP contribution in [0.25, 0.3) is 22.3 Å². The fourth-order valence-corrected chi connectivity index (χ4v) is 4.77. The molecule has 0 aliphatic heterocycles. The largest absolute Gasteiger partial charge is 0.310 e. The molecule has 0 amide bonds. The highest BCUT2D eigenvalue weighted by Crippen LogP contribution is 2.38. The molecule has 0 unspecified atom stereocenters. The fourth-order valence-electron chi connectivity index (χ4n) is 4.77. The number of hydrogen-bond acceptors (Lipinski definition) is 1. The number of hydrogen-bond donors (Lipinski definition) is 0. The van der Waals surface area contributed by atoms with Crippen molar-refractivity contribution in [2.24, 2.45) is 0 Å². The van der Waals surface area contributed by atoms with Crippen LogP contribution in [-0.4, -0.2) is 0 Å². The maximum Gasteiger partial charge on any atom is 0.0464 e. The van der Waals surface area contributed by atoms with Gasteiger partial charge in [-0.25, -0.2) is 0 Å². The summed E-state index contributed by atoms with van der Waals surface area (Å²) in [5.74, 6) is 0. The normalized spacial score (nSPS) is 12.0. The predicted molar refractivity (Wildman–Crippen MR) is 144 cm³/mol. The van der Waals surface area contributed by atoms with E-state index < -0.39 is 0 Å². The molecule has 0 spiro atoms. The fraction of sp³-hybridized carbons (Fsp3) is 0.0909. The second kappa shape index (κ2) is 8.68. The summed E-state index contributed by atoms with van der Waals surface area (Å²) in [4.78, 5) is 2.36. The standard InChI is InChI=1S/C33H27N/c1-24-10-17-31(18-11-24)34(33-21-16-26-12-13-30(26)23-33)32-19-14-27(15-20-32)29-9-5-8-28(22-29)25-6-3-2-4-7-25/h2-11,14-23H,12-13H2,1H3. The Balaban J connectivity index is 1.37. The first-order valence-corrected chi connectivity index (χ1v) is 12.0. The van der Waals surface area contributed by atoms with Crippen molar-refractivity contribution in [3.05, 3.63) is 138 Å². The molecule has 0 heterocycles. The van der Waals surface area contributed by atoms with Crippen molar-refractivity contribution in [3.8, 4) is 22.3 Å². The van der Waals surface area contributed by atoms with Crippen molar-refractivity contribution >= 4 is 17.1 Å². The molecule has 1 nitrogen and oxygen atoms in total. The lowest BCUT2D eigenvalue weighted by molar-refractivity contribution is 0.839. The van der Waals surface area contributed by atoms with Gasteiger partial charge in [0.2, 0.25) is 0 Å². The van der Waals surface area contributed by atoms with Gasteiger partial charge in [-0.3, -0.25) is 0 Å². The summed E-state index contributed by atoms with van der Waals surface area (Å²) in [6.45, 7) is 2.14. The highest BCUT2D eigenvalue weighted by molar-refractivity contribution is 5.80. The van der Waals surface area contributed by atoms with Gasteiger partial charge in [-0.2, -0.15) is 0 Å². The molecule has 1 aliphatic rings. The van der Waals surface area contributed by atoms with Gasteiger partial charge in [0.1, 0.15) is 0 Å². The van der Waals surface area contributed by atoms with Gasteiger partial charge in [0.05, 0.1) is 0 Å². The highest BCUT2D eigenvalue weighted by Gasteiger charge is 2.18. The number of benzene rings is 5. The zero-order chi connectivity index (χ0) is 22.9. The van der Waals surface area contributed by atoms with E-state index in [0.29, 0.717) is 0 Å². The lowest BCUT2D eigenvalue weighted by Crippen LogP contribution is -2.13. The average Bonchev–Trinajstić information content (AvgIpc) is 2.88. The number of nitrogens with zero attached hydrogens (tertiary/aromatic N) is 1. The Morgan fingerprint density at radius 2 is 1.00 bits per heavy atom. The van der Waals surface area contributed by atoms with Gasteiger partial charge >= 0.3 is 0 Å². The molecule has 0 saturated heterocycles. The van der Waals surface area contributed by atoms with Crippen LogP contribution >= 0.6 is 0 Å². The molecule has 34 heavy (non-hydrogen) atoms. The van der Waals surface area contributed by atoms with E-state index in [2.05, 4.69) is 133 Å². The summed E-state index contributed by atoms with van der Waals surface area (Å²) >= 11 is 0. The average molecular weight is 438 g/mol. The predicted octanol–water partition coefficient (Wildman–Crippen LogP) is 8.90. The van der Waals surface area contributed by atoms with Crippen molar-refractivity contribution in [2.75, 3.05) is 4.90 Å². The van der Waals surface area contributed by atoms with E-state index in [-0.39, 0.29) is 0 Å². The second-order valence-electron chi connectivity index (χ2n) is 9.12. The third-order valence-electron chi connectivity index (χ3n) is 6.83. The zero-order valence-corrected chi connectivity index (χ0v) is 19.4. The SMILES string of the molecule is Cc1ccc(N(c2ccc(-c3cccc(-c4ccccc4)c3)cc2)c2ccc3c(c2)CC3)cc1. The molecule has 5 aromatic rings. The third-order valence-corrected chi connectivity index (χ3v) is 6.83. The quantitative estimate of drug-likeness (QED) is 0.265. The number of fused-ring (bicyclic) bond motifs is 1. The minimum atomic E-state index is 1.17. The van der Waals surface area contributed by atoms with Crippen LogP contribution in [0, 0.1) is 6.92 Å². The molecule has 6 rings (SSSR count). The molecule has 0 radical (unpaired) electrons. The summed E-state index contributed by atoms with van der Waals surface area (Å²) in [7, 11) is 0. The van der Waals surface area contributed by atoms with Crippen LogP contribution in [-0.2, 0) is 12.8 Å². The van der Waals surface area contributed by atoms with E-state index in [0.717, 1.165) is 0 Å². The maximum absolute atomic E-state index is 2.36. The molecule has 0 atom stereocenters. The van der Waals surface area contributed by atoms with Crippen LogP contribution in [0.3, 0.4) is 0 Å². The summed E-state index contributed by atoms with van der Waals surface area (Å²) in [5.41, 5.74) is 12.8. The van der Waals surface area contributed by atoms with E-state index in [1.165, 1.54) is 68.8 Å². The van der Waals surface area contributed by atoms with Gasteiger partial charge in [0, 0.05) is 17.1 Å². The van der Waals surface area contributed by atoms with Crippen molar-refractivity contribution in [1.29, 1.82) is 0 Å². The van der Waals surface area contributed by atoms with Gasteiger partial charge < -0.3 is 4.90 Å².